The number of hydrogen-bond acceptors (Lipinski definition) is 2. The molecule has 3 nitrogen and oxygen atoms in total. The number of alkyl halides is 1. The minimum atomic E-state index is 0.111. The van der Waals surface area contributed by atoms with E-state index in [1.165, 1.54) is 19.3 Å². The van der Waals surface area contributed by atoms with Crippen LogP contribution in [-0.2, 0) is 9.53 Å². The number of carbonyl (C=O) groups excluding carboxylic acids is 1. The van der Waals surface area contributed by atoms with Gasteiger partial charge in [0.15, 0.2) is 0 Å². The molecule has 17 heavy (non-hydrogen) atoms. The summed E-state index contributed by atoms with van der Waals surface area (Å²) in [5.41, 5.74) is 0. The molecule has 1 aliphatic carbocycles. The highest BCUT2D eigenvalue weighted by atomic mass is 79.9. The molecule has 1 heterocycles. The molecule has 0 bridgehead atoms. The third kappa shape index (κ3) is 2.84. The Balaban J connectivity index is 1.99. The average molecular weight is 304 g/mol. The number of halogens is 1. The maximum absolute atomic E-state index is 12.6. The molecule has 4 heteroatoms. The van der Waals surface area contributed by atoms with Crippen molar-refractivity contribution in [2.75, 3.05) is 18.5 Å². The smallest absolute Gasteiger partial charge is 0.228 e. The Morgan fingerprint density at radius 3 is 2.71 bits per heavy atom. The van der Waals surface area contributed by atoms with E-state index < -0.39 is 0 Å². The molecule has 1 saturated carbocycles. The van der Waals surface area contributed by atoms with Gasteiger partial charge in [-0.2, -0.15) is 0 Å². The lowest BCUT2D eigenvalue weighted by molar-refractivity contribution is -0.141. The van der Waals surface area contributed by atoms with Gasteiger partial charge in [-0.1, -0.05) is 22.9 Å². The van der Waals surface area contributed by atoms with Gasteiger partial charge < -0.3 is 9.64 Å². The van der Waals surface area contributed by atoms with Crippen molar-refractivity contribution in [3.8, 4) is 0 Å². The van der Waals surface area contributed by atoms with Gasteiger partial charge in [0.2, 0.25) is 5.91 Å². The Hall–Kier alpha value is -0.0900. The average Bonchev–Trinajstić information content (AvgIpc) is 2.73. The van der Waals surface area contributed by atoms with Crippen LogP contribution in [0.4, 0.5) is 0 Å². The minimum absolute atomic E-state index is 0.111. The number of ether oxygens (including phenoxy) is 1. The van der Waals surface area contributed by atoms with Crippen LogP contribution in [0, 0.1) is 5.92 Å². The Labute approximate surface area is 112 Å². The molecule has 0 aromatic heterocycles. The molecule has 0 aromatic rings. The predicted molar refractivity (Wildman–Crippen MR) is 71.3 cm³/mol. The molecule has 2 atom stereocenters. The van der Waals surface area contributed by atoms with E-state index in [1.807, 2.05) is 0 Å². The summed E-state index contributed by atoms with van der Waals surface area (Å²) in [7, 11) is 0. The van der Waals surface area contributed by atoms with Crippen molar-refractivity contribution in [1.82, 2.24) is 4.90 Å². The summed E-state index contributed by atoms with van der Waals surface area (Å²) >= 11 is 3.46. The van der Waals surface area contributed by atoms with Crippen LogP contribution < -0.4 is 0 Å². The Morgan fingerprint density at radius 2 is 2.18 bits per heavy atom. The van der Waals surface area contributed by atoms with Gasteiger partial charge in [0.1, 0.15) is 0 Å². The van der Waals surface area contributed by atoms with Crippen molar-refractivity contribution >= 4 is 21.8 Å². The Bertz CT molecular complexity index is 268. The first-order chi connectivity index (χ1) is 8.27. The second-order valence-corrected chi connectivity index (χ2v) is 5.81. The molecule has 2 rings (SSSR count). The van der Waals surface area contributed by atoms with Crippen LogP contribution in [0.5, 0.6) is 0 Å². The van der Waals surface area contributed by atoms with Gasteiger partial charge in [0.05, 0.1) is 12.0 Å². The van der Waals surface area contributed by atoms with Crippen molar-refractivity contribution in [1.29, 1.82) is 0 Å². The van der Waals surface area contributed by atoms with Crippen LogP contribution in [0.2, 0.25) is 0 Å². The lowest BCUT2D eigenvalue weighted by Crippen LogP contribution is -2.49. The van der Waals surface area contributed by atoms with E-state index in [2.05, 4.69) is 27.8 Å². The van der Waals surface area contributed by atoms with Crippen LogP contribution in [0.15, 0.2) is 0 Å². The van der Waals surface area contributed by atoms with E-state index in [0.717, 1.165) is 31.3 Å². The molecule has 1 aliphatic heterocycles. The summed E-state index contributed by atoms with van der Waals surface area (Å²) in [6.07, 6.45) is 5.65. The number of hydrogen-bond donors (Lipinski definition) is 0. The van der Waals surface area contributed by atoms with Crippen LogP contribution in [-0.4, -0.2) is 41.4 Å². The first-order valence-corrected chi connectivity index (χ1v) is 7.88. The second-order valence-electron chi connectivity index (χ2n) is 5.02. The zero-order valence-corrected chi connectivity index (χ0v) is 12.1. The number of rotatable bonds is 5. The van der Waals surface area contributed by atoms with Gasteiger partial charge in [0, 0.05) is 24.5 Å². The first kappa shape index (κ1) is 13.3. The number of amides is 1. The topological polar surface area (TPSA) is 29.5 Å². The third-order valence-corrected chi connectivity index (χ3v) is 4.41. The molecule has 2 unspecified atom stereocenters. The minimum Gasteiger partial charge on any atom is -0.377 e. The second kappa shape index (κ2) is 6.19. The zero-order valence-electron chi connectivity index (χ0n) is 10.5. The van der Waals surface area contributed by atoms with Gasteiger partial charge >= 0.3 is 0 Å². The highest BCUT2D eigenvalue weighted by Crippen LogP contribution is 2.30. The fraction of sp³-hybridized carbons (Fsp3) is 0.923. The monoisotopic (exact) mass is 303 g/mol. The largest absolute Gasteiger partial charge is 0.377 e. The third-order valence-electron chi connectivity index (χ3n) is 4.05. The van der Waals surface area contributed by atoms with Crippen molar-refractivity contribution < 1.29 is 9.53 Å². The van der Waals surface area contributed by atoms with Crippen LogP contribution >= 0.6 is 15.9 Å². The molecule has 0 spiro atoms. The SMILES string of the molecule is CCC1OCCC1C(=O)N(CCBr)C1CCC1. The highest BCUT2D eigenvalue weighted by molar-refractivity contribution is 9.09. The lowest BCUT2D eigenvalue weighted by atomic mass is 9.89. The van der Waals surface area contributed by atoms with E-state index in [-0.39, 0.29) is 12.0 Å². The molecule has 0 N–H and O–H groups in total. The van der Waals surface area contributed by atoms with Crippen molar-refractivity contribution in [2.45, 2.75) is 51.2 Å². The lowest BCUT2D eigenvalue weighted by Gasteiger charge is -2.39. The van der Waals surface area contributed by atoms with Crippen molar-refractivity contribution in [3.05, 3.63) is 0 Å². The van der Waals surface area contributed by atoms with Crippen LogP contribution in [0.3, 0.4) is 0 Å². The predicted octanol–water partition coefficient (Wildman–Crippen LogP) is 2.58. The fourth-order valence-corrected chi connectivity index (χ4v) is 3.19. The molecular weight excluding hydrogens is 282 g/mol. The summed E-state index contributed by atoms with van der Waals surface area (Å²) in [6, 6.07) is 0.498. The summed E-state index contributed by atoms with van der Waals surface area (Å²) in [6.45, 7) is 3.70. The standard InChI is InChI=1S/C13H22BrNO2/c1-2-12-11(6-9-17-12)13(16)15(8-7-14)10-4-3-5-10/h10-12H,2-9H2,1H3. The molecule has 2 aliphatic rings. The van der Waals surface area contributed by atoms with Gasteiger partial charge in [0.25, 0.3) is 0 Å². The normalized spacial score (nSPS) is 29.1. The fourth-order valence-electron chi connectivity index (χ4n) is 2.81. The highest BCUT2D eigenvalue weighted by Gasteiger charge is 2.38. The van der Waals surface area contributed by atoms with Crippen molar-refractivity contribution in [3.63, 3.8) is 0 Å². The van der Waals surface area contributed by atoms with E-state index in [1.54, 1.807) is 0 Å². The molecule has 1 amide bonds. The maximum Gasteiger partial charge on any atom is 0.228 e. The summed E-state index contributed by atoms with van der Waals surface area (Å²) in [4.78, 5) is 14.7. The van der Waals surface area contributed by atoms with E-state index >= 15 is 0 Å². The maximum atomic E-state index is 12.6. The summed E-state index contributed by atoms with van der Waals surface area (Å²) < 4.78 is 5.64. The van der Waals surface area contributed by atoms with Gasteiger partial charge in [-0.3, -0.25) is 4.79 Å². The van der Waals surface area contributed by atoms with Gasteiger partial charge in [-0.25, -0.2) is 0 Å². The molecular formula is C13H22BrNO2. The molecule has 98 valence electrons. The van der Waals surface area contributed by atoms with Gasteiger partial charge in [-0.15, -0.1) is 0 Å². The van der Waals surface area contributed by atoms with Gasteiger partial charge in [-0.05, 0) is 32.1 Å². The van der Waals surface area contributed by atoms with Crippen LogP contribution in [0.25, 0.3) is 0 Å². The summed E-state index contributed by atoms with van der Waals surface area (Å²) in [5.74, 6) is 0.443. The quantitative estimate of drug-likeness (QED) is 0.731. The van der Waals surface area contributed by atoms with E-state index in [9.17, 15) is 4.79 Å². The molecule has 0 radical (unpaired) electrons. The summed E-state index contributed by atoms with van der Waals surface area (Å²) in [5, 5.41) is 0.875. The molecule has 0 aromatic carbocycles. The Morgan fingerprint density at radius 1 is 1.41 bits per heavy atom. The first-order valence-electron chi connectivity index (χ1n) is 6.76. The zero-order chi connectivity index (χ0) is 12.3. The van der Waals surface area contributed by atoms with E-state index in [0.29, 0.717) is 11.9 Å². The van der Waals surface area contributed by atoms with E-state index in [4.69, 9.17) is 4.74 Å². The Kier molecular flexibility index (Phi) is 4.86. The number of carbonyl (C=O) groups is 1. The number of nitrogens with zero attached hydrogens (tertiary/aromatic N) is 1. The van der Waals surface area contributed by atoms with Crippen molar-refractivity contribution in [2.24, 2.45) is 5.92 Å². The molecule has 2 fully saturated rings. The molecule has 1 saturated heterocycles. The van der Waals surface area contributed by atoms with Crippen LogP contribution in [0.1, 0.15) is 39.0 Å².